The van der Waals surface area contributed by atoms with Crippen molar-refractivity contribution in [3.8, 4) is 11.5 Å². The fourth-order valence-corrected chi connectivity index (χ4v) is 8.72. The third-order valence-corrected chi connectivity index (χ3v) is 12.0. The van der Waals surface area contributed by atoms with Crippen LogP contribution in [0.1, 0.15) is 121 Å². The predicted octanol–water partition coefficient (Wildman–Crippen LogP) is 7.56. The molecule has 0 bridgehead atoms. The topological polar surface area (TPSA) is 234 Å². The van der Waals surface area contributed by atoms with Crippen molar-refractivity contribution in [1.82, 2.24) is 20.2 Å². The Morgan fingerprint density at radius 2 is 1.25 bits per heavy atom. The number of rotatable bonds is 19. The van der Waals surface area contributed by atoms with E-state index in [1.165, 1.54) is 0 Å². The number of nitrogens with zero attached hydrogens (tertiary/aromatic N) is 3. The number of carbonyl (C=O) groups is 5. The molecule has 5 aromatic rings. The van der Waals surface area contributed by atoms with Gasteiger partial charge in [-0.3, -0.25) is 38.8 Å². The number of nitrogens with two attached hydrogens (primary N) is 1. The number of pyridine rings is 2. The van der Waals surface area contributed by atoms with E-state index in [9.17, 15) is 29.1 Å². The van der Waals surface area contributed by atoms with Crippen LogP contribution in [0.4, 0.5) is 11.4 Å². The number of anilines is 2. The maximum Gasteiger partial charge on any atom is 0.308 e. The summed E-state index contributed by atoms with van der Waals surface area (Å²) in [4.78, 5) is 78.2. The molecule has 4 heterocycles. The number of esters is 2. The molecule has 3 aromatic carbocycles. The second-order valence-corrected chi connectivity index (χ2v) is 20.2. The summed E-state index contributed by atoms with van der Waals surface area (Å²) in [5.41, 5.74) is 7.79. The highest BCUT2D eigenvalue weighted by Gasteiger charge is 2.52. The van der Waals surface area contributed by atoms with E-state index in [2.05, 4.69) is 30.8 Å². The van der Waals surface area contributed by atoms with Crippen LogP contribution in [0.3, 0.4) is 0 Å². The van der Waals surface area contributed by atoms with E-state index >= 15 is 0 Å². The molecule has 0 saturated carbocycles. The highest BCUT2D eigenvalue weighted by atomic mass is 16.6. The highest BCUT2D eigenvalue weighted by molar-refractivity contribution is 6.00. The molecule has 2 aromatic heterocycles. The number of aromatic nitrogens is 2. The van der Waals surface area contributed by atoms with Crippen molar-refractivity contribution in [2.45, 2.75) is 129 Å². The SMILES string of the molecule is CC(CCCCN(Cc1ccccn1)Cc1ccccn1)C(=O)NC(CC(=O)OC(C)(C)C)C(=O)Nc1ccc2c(c1)Oc1cc(NC(=O)C(N)CC(=O)OC(C)(C)C)ccc1C21OC(O)c2ccccc21. The monoisotopic (exact) mass is 983 g/mol. The Labute approximate surface area is 420 Å². The standard InChI is InChI=1S/C55H65N7O10/c1-34(16-12-15-27-62(32-37-17-10-13-25-57-37)33-38-18-11-14-26-58-38)49(65)61-44(31-48(64)71-54(5,6)7)51(67)60-36-22-24-42-46(29-36)69-45-28-35(59-50(66)43(56)30-47(63)70-53(2,3)4)21-23-41(45)55(42)40-20-9-8-19-39(40)52(68)72-55/h8-11,13-14,17-26,28-29,34,43-44,52,68H,12,15-16,27,30-33,56H2,1-7H3,(H,59,66)(H,60,67)(H,61,65). The van der Waals surface area contributed by atoms with E-state index in [0.29, 0.717) is 47.5 Å². The first kappa shape index (κ1) is 52.8. The second-order valence-electron chi connectivity index (χ2n) is 20.2. The fraction of sp³-hybridized carbons (Fsp3) is 0.400. The number of hydrogen-bond donors (Lipinski definition) is 5. The van der Waals surface area contributed by atoms with Gasteiger partial charge in [-0.1, -0.05) is 49.7 Å². The van der Waals surface area contributed by atoms with Crippen LogP contribution in [0, 0.1) is 5.92 Å². The number of hydrogen-bond acceptors (Lipinski definition) is 14. The Balaban J connectivity index is 1.07. The van der Waals surface area contributed by atoms with Crippen molar-refractivity contribution in [3.05, 3.63) is 143 Å². The first-order chi connectivity index (χ1) is 34.2. The van der Waals surface area contributed by atoms with Crippen molar-refractivity contribution >= 4 is 41.0 Å². The maximum atomic E-state index is 14.2. The molecule has 3 amide bonds. The number of benzene rings is 3. The summed E-state index contributed by atoms with van der Waals surface area (Å²) >= 11 is 0. The van der Waals surface area contributed by atoms with Gasteiger partial charge in [0, 0.05) is 77.2 Å². The van der Waals surface area contributed by atoms with Gasteiger partial charge in [-0.2, -0.15) is 0 Å². The lowest BCUT2D eigenvalue weighted by atomic mass is 9.77. The van der Waals surface area contributed by atoms with E-state index in [1.807, 2.05) is 48.5 Å². The summed E-state index contributed by atoms with van der Waals surface area (Å²) in [6.45, 7) is 14.1. The number of aliphatic hydroxyl groups excluding tert-OH is 1. The van der Waals surface area contributed by atoms with Gasteiger partial charge >= 0.3 is 11.9 Å². The number of ether oxygens (including phenoxy) is 4. The Hall–Kier alpha value is -7.05. The van der Waals surface area contributed by atoms with Gasteiger partial charge in [-0.25, -0.2) is 0 Å². The molecule has 6 N–H and O–H groups in total. The lowest BCUT2D eigenvalue weighted by molar-refractivity contribution is -0.157. The molecular weight excluding hydrogens is 919 g/mol. The molecule has 0 saturated heterocycles. The van der Waals surface area contributed by atoms with Gasteiger partial charge in [0.1, 0.15) is 28.7 Å². The summed E-state index contributed by atoms with van der Waals surface area (Å²) in [6.07, 6.45) is 3.50. The summed E-state index contributed by atoms with van der Waals surface area (Å²) in [5.74, 6) is -2.98. The zero-order valence-corrected chi connectivity index (χ0v) is 41.9. The molecule has 380 valence electrons. The molecule has 2 aliphatic heterocycles. The largest absolute Gasteiger partial charge is 0.460 e. The molecule has 0 radical (unpaired) electrons. The van der Waals surface area contributed by atoms with Crippen LogP contribution in [0.2, 0.25) is 0 Å². The van der Waals surface area contributed by atoms with Crippen LogP contribution < -0.4 is 26.4 Å². The molecule has 0 fully saturated rings. The molecular formula is C55H65N7O10. The summed E-state index contributed by atoms with van der Waals surface area (Å²) < 4.78 is 23.9. The van der Waals surface area contributed by atoms with Gasteiger partial charge < -0.3 is 45.7 Å². The first-order valence-corrected chi connectivity index (χ1v) is 24.2. The smallest absolute Gasteiger partial charge is 0.308 e. The number of unbranched alkanes of at least 4 members (excludes halogenated alkanes) is 1. The second kappa shape index (κ2) is 22.6. The number of carbonyl (C=O) groups excluding carboxylic acids is 5. The molecule has 72 heavy (non-hydrogen) atoms. The molecule has 5 atom stereocenters. The van der Waals surface area contributed by atoms with E-state index in [1.54, 1.807) is 109 Å². The Bertz CT molecular complexity index is 2700. The Morgan fingerprint density at radius 3 is 1.81 bits per heavy atom. The minimum Gasteiger partial charge on any atom is -0.460 e. The van der Waals surface area contributed by atoms with Crippen molar-refractivity contribution in [3.63, 3.8) is 0 Å². The molecule has 17 heteroatoms. The van der Waals surface area contributed by atoms with Crippen molar-refractivity contribution < 1.29 is 48.0 Å². The summed E-state index contributed by atoms with van der Waals surface area (Å²) in [7, 11) is 0. The van der Waals surface area contributed by atoms with Crippen LogP contribution in [-0.2, 0) is 56.9 Å². The van der Waals surface area contributed by atoms with Gasteiger partial charge in [0.05, 0.1) is 30.3 Å². The van der Waals surface area contributed by atoms with Crippen molar-refractivity contribution in [2.24, 2.45) is 11.7 Å². The van der Waals surface area contributed by atoms with Gasteiger partial charge in [-0.05, 0) is 109 Å². The average molecular weight is 984 g/mol. The quantitative estimate of drug-likeness (QED) is 0.0397. The molecule has 1 spiro atoms. The molecule has 0 aliphatic carbocycles. The van der Waals surface area contributed by atoms with E-state index in [4.69, 9.17) is 24.7 Å². The molecule has 17 nitrogen and oxygen atoms in total. The van der Waals surface area contributed by atoms with Crippen LogP contribution in [0.5, 0.6) is 11.5 Å². The van der Waals surface area contributed by atoms with Crippen LogP contribution >= 0.6 is 0 Å². The predicted molar refractivity (Wildman–Crippen MR) is 269 cm³/mol. The molecule has 2 aliphatic rings. The number of aliphatic hydroxyl groups is 1. The number of amides is 3. The van der Waals surface area contributed by atoms with Gasteiger partial charge in [0.2, 0.25) is 17.7 Å². The lowest BCUT2D eigenvalue weighted by Crippen LogP contribution is -2.47. The lowest BCUT2D eigenvalue weighted by Gasteiger charge is -2.37. The zero-order chi connectivity index (χ0) is 51.8. The van der Waals surface area contributed by atoms with Crippen molar-refractivity contribution in [2.75, 3.05) is 17.2 Å². The Kier molecular flexibility index (Phi) is 16.5. The van der Waals surface area contributed by atoms with E-state index < -0.39 is 77.2 Å². The van der Waals surface area contributed by atoms with E-state index in [0.717, 1.165) is 30.8 Å². The fourth-order valence-electron chi connectivity index (χ4n) is 8.72. The van der Waals surface area contributed by atoms with Crippen molar-refractivity contribution in [1.29, 1.82) is 0 Å². The maximum absolute atomic E-state index is 14.2. The van der Waals surface area contributed by atoms with Gasteiger partial charge in [0.25, 0.3) is 0 Å². The Morgan fingerprint density at radius 1 is 0.708 bits per heavy atom. The van der Waals surface area contributed by atoms with Gasteiger partial charge in [-0.15, -0.1) is 0 Å². The number of nitrogens with one attached hydrogen (secondary N) is 3. The molecule has 5 unspecified atom stereocenters. The first-order valence-electron chi connectivity index (χ1n) is 24.2. The molecule has 7 rings (SSSR count). The van der Waals surface area contributed by atoms with Crippen LogP contribution in [0.25, 0.3) is 0 Å². The number of fused-ring (bicyclic) bond motifs is 6. The minimum absolute atomic E-state index is 0.245. The normalized spacial score (nSPS) is 17.1. The minimum atomic E-state index is -1.39. The summed E-state index contributed by atoms with van der Waals surface area (Å²) in [6, 6.07) is 26.3. The third-order valence-electron chi connectivity index (χ3n) is 12.0. The van der Waals surface area contributed by atoms with E-state index in [-0.39, 0.29) is 23.6 Å². The summed E-state index contributed by atoms with van der Waals surface area (Å²) in [5, 5.41) is 19.7. The van der Waals surface area contributed by atoms with Gasteiger partial charge in [0.15, 0.2) is 11.9 Å². The average Bonchev–Trinajstić information content (AvgIpc) is 3.60. The van der Waals surface area contributed by atoms with Crippen LogP contribution in [-0.4, -0.2) is 79.5 Å². The third kappa shape index (κ3) is 13.5. The zero-order valence-electron chi connectivity index (χ0n) is 41.9. The highest BCUT2D eigenvalue weighted by Crippen LogP contribution is 2.59. The van der Waals surface area contributed by atoms with Crippen LogP contribution in [0.15, 0.2) is 109 Å².